The third kappa shape index (κ3) is 4.13. The molecule has 1 unspecified atom stereocenters. The molecule has 4 heteroatoms. The van der Waals surface area contributed by atoms with Crippen molar-refractivity contribution < 1.29 is 9.90 Å². The first kappa shape index (κ1) is 14.2. The Labute approximate surface area is 110 Å². The minimum absolute atomic E-state index is 0.0885. The fourth-order valence-electron chi connectivity index (χ4n) is 1.55. The molecule has 0 aliphatic carbocycles. The highest BCUT2D eigenvalue weighted by Gasteiger charge is 2.14. The van der Waals surface area contributed by atoms with Crippen LogP contribution in [0.4, 0.5) is 0 Å². The minimum atomic E-state index is -0.303. The van der Waals surface area contributed by atoms with Crippen LogP contribution in [0.15, 0.2) is 22.7 Å². The summed E-state index contributed by atoms with van der Waals surface area (Å²) < 4.78 is 1.00. The maximum Gasteiger partial charge on any atom is 0.225 e. The van der Waals surface area contributed by atoms with Crippen molar-refractivity contribution in [2.24, 2.45) is 5.92 Å². The average Bonchev–Trinajstić information content (AvgIpc) is 2.32. The van der Waals surface area contributed by atoms with Crippen molar-refractivity contribution in [3.8, 4) is 0 Å². The van der Waals surface area contributed by atoms with Gasteiger partial charge in [-0.2, -0.15) is 0 Å². The molecule has 0 fully saturated rings. The van der Waals surface area contributed by atoms with E-state index in [9.17, 15) is 4.79 Å². The summed E-state index contributed by atoms with van der Waals surface area (Å²) in [5.74, 6) is -0.392. The molecule has 0 aliphatic heterocycles. The van der Waals surface area contributed by atoms with Gasteiger partial charge in [0.15, 0.2) is 0 Å². The monoisotopic (exact) mass is 299 g/mol. The highest BCUT2D eigenvalue weighted by Crippen LogP contribution is 2.16. The summed E-state index contributed by atoms with van der Waals surface area (Å²) >= 11 is 3.41. The van der Waals surface area contributed by atoms with Crippen LogP contribution in [0.3, 0.4) is 0 Å². The quantitative estimate of drug-likeness (QED) is 0.877. The highest BCUT2D eigenvalue weighted by atomic mass is 79.9. The van der Waals surface area contributed by atoms with E-state index in [1.807, 2.05) is 32.0 Å². The summed E-state index contributed by atoms with van der Waals surface area (Å²) in [4.78, 5) is 11.7. The van der Waals surface area contributed by atoms with Gasteiger partial charge in [0.1, 0.15) is 0 Å². The molecule has 0 saturated carbocycles. The van der Waals surface area contributed by atoms with Crippen LogP contribution in [-0.2, 0) is 11.3 Å². The number of carbonyl (C=O) groups excluding carboxylic acids is 1. The fourth-order valence-corrected chi connectivity index (χ4v) is 1.96. The number of benzene rings is 1. The van der Waals surface area contributed by atoms with Gasteiger partial charge in [0.05, 0.1) is 12.5 Å². The zero-order valence-corrected chi connectivity index (χ0v) is 11.8. The number of aryl methyl sites for hydroxylation is 1. The largest absolute Gasteiger partial charge is 0.396 e. The maximum absolute atomic E-state index is 11.7. The Morgan fingerprint density at radius 1 is 1.53 bits per heavy atom. The van der Waals surface area contributed by atoms with Crippen LogP contribution in [0.25, 0.3) is 0 Å². The number of nitrogens with one attached hydrogen (secondary N) is 1. The number of hydrogen-bond donors (Lipinski definition) is 2. The first-order chi connectivity index (χ1) is 8.08. The van der Waals surface area contributed by atoms with Gasteiger partial charge in [-0.1, -0.05) is 28.9 Å². The first-order valence-electron chi connectivity index (χ1n) is 5.72. The molecule has 1 atom stereocenters. The summed E-state index contributed by atoms with van der Waals surface area (Å²) in [5.41, 5.74) is 2.23. The number of rotatable bonds is 5. The normalized spacial score (nSPS) is 12.2. The van der Waals surface area contributed by atoms with Gasteiger partial charge in [-0.25, -0.2) is 0 Å². The third-order valence-electron chi connectivity index (χ3n) is 2.85. The predicted molar refractivity (Wildman–Crippen MR) is 71.6 cm³/mol. The third-order valence-corrected chi connectivity index (χ3v) is 3.34. The molecule has 0 aliphatic rings. The molecule has 0 spiro atoms. The van der Waals surface area contributed by atoms with Crippen molar-refractivity contribution in [2.75, 3.05) is 6.61 Å². The number of aliphatic hydroxyl groups is 1. The van der Waals surface area contributed by atoms with Gasteiger partial charge in [0.2, 0.25) is 5.91 Å². The Hall–Kier alpha value is -0.870. The summed E-state index contributed by atoms with van der Waals surface area (Å²) in [6.45, 7) is 4.31. The smallest absolute Gasteiger partial charge is 0.225 e. The van der Waals surface area contributed by atoms with E-state index in [0.29, 0.717) is 13.0 Å². The molecule has 0 saturated heterocycles. The summed E-state index contributed by atoms with van der Waals surface area (Å²) in [6.07, 6.45) is 0.653. The van der Waals surface area contributed by atoms with Crippen LogP contribution in [0, 0.1) is 12.8 Å². The zero-order chi connectivity index (χ0) is 12.8. The Morgan fingerprint density at radius 3 is 2.82 bits per heavy atom. The van der Waals surface area contributed by atoms with E-state index in [-0.39, 0.29) is 18.4 Å². The minimum Gasteiger partial charge on any atom is -0.396 e. The number of aliphatic hydroxyl groups excluding tert-OH is 1. The standard InChI is InChI=1S/C13H18BrNO2/c1-3-10(8-16)13(17)15-7-11-6-12(14)5-4-9(11)2/h4-6,10,16H,3,7-8H2,1-2H3,(H,15,17). The SMILES string of the molecule is CCC(CO)C(=O)NCc1cc(Br)ccc1C. The van der Waals surface area contributed by atoms with Gasteiger partial charge in [-0.05, 0) is 36.6 Å². The van der Waals surface area contributed by atoms with E-state index in [0.717, 1.165) is 15.6 Å². The average molecular weight is 300 g/mol. The lowest BCUT2D eigenvalue weighted by Gasteiger charge is -2.13. The molecule has 1 aromatic carbocycles. The van der Waals surface area contributed by atoms with Gasteiger partial charge in [0.25, 0.3) is 0 Å². The summed E-state index contributed by atoms with van der Waals surface area (Å²) in [5, 5.41) is 11.9. The Balaban J connectivity index is 2.61. The summed E-state index contributed by atoms with van der Waals surface area (Å²) in [7, 11) is 0. The zero-order valence-electron chi connectivity index (χ0n) is 10.2. The second-order valence-electron chi connectivity index (χ2n) is 4.08. The number of hydrogen-bond acceptors (Lipinski definition) is 2. The topological polar surface area (TPSA) is 49.3 Å². The van der Waals surface area contributed by atoms with Crippen molar-refractivity contribution in [1.29, 1.82) is 0 Å². The molecular formula is C13H18BrNO2. The molecular weight excluding hydrogens is 282 g/mol. The fraction of sp³-hybridized carbons (Fsp3) is 0.462. The Kier molecular flexibility index (Phi) is 5.65. The molecule has 3 nitrogen and oxygen atoms in total. The second kappa shape index (κ2) is 6.77. The van der Waals surface area contributed by atoms with Crippen molar-refractivity contribution in [1.82, 2.24) is 5.32 Å². The van der Waals surface area contributed by atoms with Crippen molar-refractivity contribution in [2.45, 2.75) is 26.8 Å². The van der Waals surface area contributed by atoms with Gasteiger partial charge < -0.3 is 10.4 Å². The van der Waals surface area contributed by atoms with Gasteiger partial charge >= 0.3 is 0 Å². The van der Waals surface area contributed by atoms with Crippen LogP contribution < -0.4 is 5.32 Å². The molecule has 94 valence electrons. The van der Waals surface area contributed by atoms with Crippen molar-refractivity contribution in [3.05, 3.63) is 33.8 Å². The van der Waals surface area contributed by atoms with E-state index in [1.165, 1.54) is 0 Å². The van der Waals surface area contributed by atoms with E-state index in [4.69, 9.17) is 5.11 Å². The lowest BCUT2D eigenvalue weighted by molar-refractivity contribution is -0.126. The lowest BCUT2D eigenvalue weighted by atomic mass is 10.1. The van der Waals surface area contributed by atoms with Gasteiger partial charge in [0, 0.05) is 11.0 Å². The first-order valence-corrected chi connectivity index (χ1v) is 6.51. The molecule has 2 N–H and O–H groups in total. The number of halogens is 1. The van der Waals surface area contributed by atoms with Crippen molar-refractivity contribution in [3.63, 3.8) is 0 Å². The molecule has 1 rings (SSSR count). The maximum atomic E-state index is 11.7. The predicted octanol–water partition coefficient (Wildman–Crippen LogP) is 2.39. The second-order valence-corrected chi connectivity index (χ2v) is 4.99. The molecule has 1 aromatic rings. The Morgan fingerprint density at radius 2 is 2.24 bits per heavy atom. The summed E-state index contributed by atoms with van der Waals surface area (Å²) in [6, 6.07) is 5.98. The van der Waals surface area contributed by atoms with Crippen LogP contribution in [0.1, 0.15) is 24.5 Å². The number of carbonyl (C=O) groups is 1. The van der Waals surface area contributed by atoms with E-state index < -0.39 is 0 Å². The molecule has 1 amide bonds. The lowest BCUT2D eigenvalue weighted by Crippen LogP contribution is -2.32. The van der Waals surface area contributed by atoms with Crippen LogP contribution in [-0.4, -0.2) is 17.6 Å². The Bertz CT molecular complexity index is 389. The van der Waals surface area contributed by atoms with Crippen LogP contribution >= 0.6 is 15.9 Å². The van der Waals surface area contributed by atoms with E-state index in [1.54, 1.807) is 0 Å². The van der Waals surface area contributed by atoms with Crippen LogP contribution in [0.2, 0.25) is 0 Å². The van der Waals surface area contributed by atoms with Gasteiger partial charge in [-0.3, -0.25) is 4.79 Å². The molecule has 17 heavy (non-hydrogen) atoms. The molecule has 0 bridgehead atoms. The molecule has 0 heterocycles. The molecule has 0 aromatic heterocycles. The van der Waals surface area contributed by atoms with Gasteiger partial charge in [-0.15, -0.1) is 0 Å². The van der Waals surface area contributed by atoms with Crippen molar-refractivity contribution >= 4 is 21.8 Å². The van der Waals surface area contributed by atoms with Crippen LogP contribution in [0.5, 0.6) is 0 Å². The molecule has 0 radical (unpaired) electrons. The highest BCUT2D eigenvalue weighted by molar-refractivity contribution is 9.10. The van der Waals surface area contributed by atoms with E-state index >= 15 is 0 Å². The number of amides is 1. The van der Waals surface area contributed by atoms with E-state index in [2.05, 4.69) is 21.2 Å².